The Labute approximate surface area is 147 Å². The molecule has 2 unspecified atom stereocenters. The van der Waals surface area contributed by atoms with Crippen LogP contribution < -0.4 is 0 Å². The second-order valence-electron chi connectivity index (χ2n) is 6.51. The van der Waals surface area contributed by atoms with Crippen molar-refractivity contribution in [3.63, 3.8) is 0 Å². The van der Waals surface area contributed by atoms with Gasteiger partial charge < -0.3 is 9.97 Å². The molecule has 3 aromatic rings. The van der Waals surface area contributed by atoms with E-state index < -0.39 is 10.0 Å². The Hall–Kier alpha value is -2.31. The molecule has 6 heteroatoms. The van der Waals surface area contributed by atoms with Crippen LogP contribution in [0.25, 0.3) is 0 Å². The molecule has 1 fully saturated rings. The Morgan fingerprint density at radius 1 is 0.880 bits per heavy atom. The number of rotatable bonds is 4. The van der Waals surface area contributed by atoms with Gasteiger partial charge in [-0.05, 0) is 56.2 Å². The third-order valence-corrected chi connectivity index (χ3v) is 6.82. The van der Waals surface area contributed by atoms with Crippen LogP contribution >= 0.6 is 0 Å². The number of nitrogens with zero attached hydrogens (tertiary/aromatic N) is 1. The highest BCUT2D eigenvalue weighted by Crippen LogP contribution is 2.46. The lowest BCUT2D eigenvalue weighted by molar-refractivity contribution is 0.323. The Kier molecular flexibility index (Phi) is 4.01. The predicted molar refractivity (Wildman–Crippen MR) is 96.5 cm³/mol. The number of H-pyrrole nitrogens is 2. The molecular formula is C19H21N3O2S. The quantitative estimate of drug-likeness (QED) is 0.745. The number of aromatic amines is 2. The van der Waals surface area contributed by atoms with Gasteiger partial charge in [0.2, 0.25) is 10.0 Å². The molecule has 3 heterocycles. The zero-order chi connectivity index (χ0) is 17.4. The first kappa shape index (κ1) is 16.2. The van der Waals surface area contributed by atoms with Gasteiger partial charge in [-0.1, -0.05) is 17.7 Å². The van der Waals surface area contributed by atoms with Gasteiger partial charge in [0.15, 0.2) is 0 Å². The van der Waals surface area contributed by atoms with Crippen LogP contribution in [-0.2, 0) is 10.0 Å². The van der Waals surface area contributed by atoms with Crippen molar-refractivity contribution in [3.05, 3.63) is 77.9 Å². The molecule has 4 rings (SSSR count). The van der Waals surface area contributed by atoms with Gasteiger partial charge in [0.1, 0.15) is 0 Å². The van der Waals surface area contributed by atoms with Crippen LogP contribution in [0.15, 0.2) is 65.8 Å². The number of benzene rings is 1. The summed E-state index contributed by atoms with van der Waals surface area (Å²) in [5.74, 6) is 0. The van der Waals surface area contributed by atoms with Crippen molar-refractivity contribution in [1.82, 2.24) is 14.3 Å². The SMILES string of the molecule is Cc1ccc(S(=O)(=O)N2C(c3ccc[nH]3)CCC2c2ccc[nH]2)cc1. The second-order valence-corrected chi connectivity index (χ2v) is 8.35. The van der Waals surface area contributed by atoms with Crippen molar-refractivity contribution >= 4 is 10.0 Å². The van der Waals surface area contributed by atoms with Crippen LogP contribution in [0.5, 0.6) is 0 Å². The van der Waals surface area contributed by atoms with E-state index in [1.54, 1.807) is 16.4 Å². The van der Waals surface area contributed by atoms with Gasteiger partial charge in [-0.25, -0.2) is 8.42 Å². The minimum Gasteiger partial charge on any atom is -0.364 e. The van der Waals surface area contributed by atoms with E-state index >= 15 is 0 Å². The van der Waals surface area contributed by atoms with E-state index in [0.29, 0.717) is 4.90 Å². The van der Waals surface area contributed by atoms with E-state index in [-0.39, 0.29) is 12.1 Å². The first-order chi connectivity index (χ1) is 12.1. The number of hydrogen-bond acceptors (Lipinski definition) is 2. The average Bonchev–Trinajstić information content (AvgIpc) is 3.34. The highest BCUT2D eigenvalue weighted by molar-refractivity contribution is 7.89. The van der Waals surface area contributed by atoms with E-state index in [0.717, 1.165) is 29.8 Å². The highest BCUT2D eigenvalue weighted by Gasteiger charge is 2.44. The molecular weight excluding hydrogens is 334 g/mol. The van der Waals surface area contributed by atoms with Crippen molar-refractivity contribution in [2.75, 3.05) is 0 Å². The van der Waals surface area contributed by atoms with Crippen LogP contribution in [0.1, 0.15) is 41.9 Å². The maximum absolute atomic E-state index is 13.5. The maximum Gasteiger partial charge on any atom is 0.244 e. The van der Waals surface area contributed by atoms with Crippen molar-refractivity contribution in [3.8, 4) is 0 Å². The number of aryl methyl sites for hydroxylation is 1. The fourth-order valence-electron chi connectivity index (χ4n) is 3.64. The number of nitrogens with one attached hydrogen (secondary N) is 2. The van der Waals surface area contributed by atoms with Gasteiger partial charge in [-0.2, -0.15) is 4.31 Å². The highest BCUT2D eigenvalue weighted by atomic mass is 32.2. The molecule has 1 aromatic carbocycles. The Bertz CT molecular complexity index is 887. The van der Waals surface area contributed by atoms with Crippen molar-refractivity contribution in [1.29, 1.82) is 0 Å². The molecule has 1 aliphatic rings. The van der Waals surface area contributed by atoms with E-state index in [2.05, 4.69) is 9.97 Å². The summed E-state index contributed by atoms with van der Waals surface area (Å²) in [6.07, 6.45) is 5.26. The first-order valence-corrected chi connectivity index (χ1v) is 9.88. The molecule has 5 nitrogen and oxygen atoms in total. The summed E-state index contributed by atoms with van der Waals surface area (Å²) in [7, 11) is -3.61. The summed E-state index contributed by atoms with van der Waals surface area (Å²) in [4.78, 5) is 6.72. The van der Waals surface area contributed by atoms with Gasteiger partial charge in [-0.15, -0.1) is 0 Å². The summed E-state index contributed by atoms with van der Waals surface area (Å²) >= 11 is 0. The fourth-order valence-corrected chi connectivity index (χ4v) is 5.47. The van der Waals surface area contributed by atoms with Gasteiger partial charge in [0, 0.05) is 23.8 Å². The van der Waals surface area contributed by atoms with Crippen molar-refractivity contribution < 1.29 is 8.42 Å². The summed E-state index contributed by atoms with van der Waals surface area (Å²) in [5, 5.41) is 0. The van der Waals surface area contributed by atoms with Gasteiger partial charge in [0.25, 0.3) is 0 Å². The topological polar surface area (TPSA) is 69.0 Å². The Morgan fingerprint density at radius 2 is 1.40 bits per heavy atom. The average molecular weight is 355 g/mol. The van der Waals surface area contributed by atoms with Gasteiger partial charge >= 0.3 is 0 Å². The smallest absolute Gasteiger partial charge is 0.244 e. The third kappa shape index (κ3) is 2.81. The monoisotopic (exact) mass is 355 g/mol. The molecule has 2 aromatic heterocycles. The van der Waals surface area contributed by atoms with E-state index in [4.69, 9.17) is 0 Å². The lowest BCUT2D eigenvalue weighted by Crippen LogP contribution is -2.33. The summed E-state index contributed by atoms with van der Waals surface area (Å²) in [6, 6.07) is 14.4. The van der Waals surface area contributed by atoms with Crippen LogP contribution in [0.3, 0.4) is 0 Å². The molecule has 130 valence electrons. The largest absolute Gasteiger partial charge is 0.364 e. The van der Waals surface area contributed by atoms with Crippen molar-refractivity contribution in [2.24, 2.45) is 0 Å². The molecule has 2 atom stereocenters. The minimum absolute atomic E-state index is 0.186. The number of hydrogen-bond donors (Lipinski definition) is 2. The summed E-state index contributed by atoms with van der Waals surface area (Å²) < 4.78 is 28.6. The first-order valence-electron chi connectivity index (χ1n) is 8.44. The minimum atomic E-state index is -3.61. The van der Waals surface area contributed by atoms with E-state index in [1.165, 1.54) is 0 Å². The molecule has 1 saturated heterocycles. The lowest BCUT2D eigenvalue weighted by atomic mass is 10.1. The fraction of sp³-hybridized carbons (Fsp3) is 0.263. The van der Waals surface area contributed by atoms with Crippen LogP contribution in [0, 0.1) is 6.92 Å². The Morgan fingerprint density at radius 3 is 1.84 bits per heavy atom. The molecule has 0 radical (unpaired) electrons. The number of sulfonamides is 1. The zero-order valence-corrected chi connectivity index (χ0v) is 14.8. The zero-order valence-electron chi connectivity index (χ0n) is 14.0. The molecule has 0 spiro atoms. The van der Waals surface area contributed by atoms with Gasteiger partial charge in [-0.3, -0.25) is 0 Å². The number of aromatic nitrogens is 2. The molecule has 0 amide bonds. The van der Waals surface area contributed by atoms with Gasteiger partial charge in [0.05, 0.1) is 17.0 Å². The molecule has 2 N–H and O–H groups in total. The van der Waals surface area contributed by atoms with Crippen LogP contribution in [0.2, 0.25) is 0 Å². The Balaban J connectivity index is 1.81. The van der Waals surface area contributed by atoms with Crippen LogP contribution in [-0.4, -0.2) is 22.7 Å². The molecule has 25 heavy (non-hydrogen) atoms. The summed E-state index contributed by atoms with van der Waals surface area (Å²) in [6.45, 7) is 1.95. The molecule has 1 aliphatic heterocycles. The molecule has 0 bridgehead atoms. The maximum atomic E-state index is 13.5. The van der Waals surface area contributed by atoms with E-state index in [9.17, 15) is 8.42 Å². The predicted octanol–water partition coefficient (Wildman–Crippen LogP) is 3.92. The van der Waals surface area contributed by atoms with Crippen molar-refractivity contribution in [2.45, 2.75) is 36.7 Å². The standard InChI is InChI=1S/C19H21N3O2S/c1-14-6-8-15(9-7-14)25(23,24)22-18(16-4-2-12-20-16)10-11-19(22)17-5-3-13-21-17/h2-9,12-13,18-21H,10-11H2,1H3. The lowest BCUT2D eigenvalue weighted by Gasteiger charge is -2.28. The second kappa shape index (κ2) is 6.20. The normalized spacial score (nSPS) is 21.6. The van der Waals surface area contributed by atoms with E-state index in [1.807, 2.05) is 55.7 Å². The third-order valence-electron chi connectivity index (χ3n) is 4.89. The summed E-state index contributed by atoms with van der Waals surface area (Å²) in [5.41, 5.74) is 2.91. The molecule has 0 saturated carbocycles. The van der Waals surface area contributed by atoms with Crippen LogP contribution in [0.4, 0.5) is 0 Å². The molecule has 0 aliphatic carbocycles.